The third kappa shape index (κ3) is 5.68. The maximum atomic E-state index is 13.2. The number of benzene rings is 1. The van der Waals surface area contributed by atoms with Crippen LogP contribution in [0.4, 0.5) is 18.3 Å². The Hall–Kier alpha value is -2.41. The van der Waals surface area contributed by atoms with Crippen molar-refractivity contribution in [2.75, 3.05) is 43.9 Å². The quantitative estimate of drug-likeness (QED) is 0.612. The van der Waals surface area contributed by atoms with Crippen LogP contribution in [0.5, 0.6) is 5.75 Å². The molecule has 0 saturated carbocycles. The van der Waals surface area contributed by atoms with Gasteiger partial charge in [-0.3, -0.25) is 4.79 Å². The summed E-state index contributed by atoms with van der Waals surface area (Å²) in [5.41, 5.74) is 0.136. The van der Waals surface area contributed by atoms with Gasteiger partial charge in [0.05, 0.1) is 17.1 Å². The first kappa shape index (κ1) is 24.2. The predicted molar refractivity (Wildman–Crippen MR) is 113 cm³/mol. The minimum Gasteiger partial charge on any atom is -0.492 e. The molecule has 13 heteroatoms. The Bertz CT molecular complexity index is 1080. The number of halogens is 3. The summed E-state index contributed by atoms with van der Waals surface area (Å²) in [5.74, 6) is 0.0872. The number of amides is 1. The first-order valence-electron chi connectivity index (χ1n) is 9.78. The molecule has 0 radical (unpaired) electrons. The molecule has 32 heavy (non-hydrogen) atoms. The van der Waals surface area contributed by atoms with Gasteiger partial charge in [0.25, 0.3) is 5.91 Å². The molecule has 0 spiro atoms. The standard InChI is InChI=1S/C19H23F3N4O4S2/c1-12(2)11-30-15-5-4-13(32(3,28)29)10-14(15)16(27)25-6-8-26(9-7-25)18-24-23-17(31-18)19(20,21)22/h4-5,10,12H,6-9,11H2,1-3H3. The maximum absolute atomic E-state index is 13.2. The van der Waals surface area contributed by atoms with E-state index < -0.39 is 26.9 Å². The first-order valence-corrected chi connectivity index (χ1v) is 12.5. The number of nitrogens with zero attached hydrogens (tertiary/aromatic N) is 4. The summed E-state index contributed by atoms with van der Waals surface area (Å²) in [5, 5.41) is 5.93. The fourth-order valence-electron chi connectivity index (χ4n) is 3.02. The van der Waals surface area contributed by atoms with Crippen LogP contribution in [0.3, 0.4) is 0 Å². The largest absolute Gasteiger partial charge is 0.492 e. The fraction of sp³-hybridized carbons (Fsp3) is 0.526. The minimum atomic E-state index is -4.55. The van der Waals surface area contributed by atoms with Crippen LogP contribution in [-0.2, 0) is 16.0 Å². The molecule has 0 unspecified atom stereocenters. The summed E-state index contributed by atoms with van der Waals surface area (Å²) >= 11 is 0.457. The third-order valence-corrected chi connectivity index (χ3v) is 6.82. The van der Waals surface area contributed by atoms with Crippen molar-refractivity contribution in [1.82, 2.24) is 15.1 Å². The topological polar surface area (TPSA) is 92.7 Å². The summed E-state index contributed by atoms with van der Waals surface area (Å²) < 4.78 is 68.0. The molecule has 1 fully saturated rings. The van der Waals surface area contributed by atoms with E-state index in [1.54, 1.807) is 4.90 Å². The molecular formula is C19H23F3N4O4S2. The zero-order valence-electron chi connectivity index (χ0n) is 17.7. The Kier molecular flexibility index (Phi) is 6.98. The lowest BCUT2D eigenvalue weighted by Crippen LogP contribution is -2.48. The van der Waals surface area contributed by atoms with Crippen LogP contribution in [0.2, 0.25) is 0 Å². The summed E-state index contributed by atoms with van der Waals surface area (Å²) in [6.07, 6.45) is -3.49. The Morgan fingerprint density at radius 2 is 1.84 bits per heavy atom. The number of sulfone groups is 1. The van der Waals surface area contributed by atoms with Crippen molar-refractivity contribution in [2.24, 2.45) is 5.92 Å². The monoisotopic (exact) mass is 492 g/mol. The molecule has 1 aromatic carbocycles. The van der Waals surface area contributed by atoms with Crippen LogP contribution < -0.4 is 9.64 Å². The number of rotatable bonds is 6. The van der Waals surface area contributed by atoms with E-state index in [1.165, 1.54) is 23.1 Å². The molecule has 3 rings (SSSR count). The molecule has 1 aliphatic heterocycles. The first-order chi connectivity index (χ1) is 14.9. The number of ether oxygens (including phenoxy) is 1. The molecule has 0 bridgehead atoms. The van der Waals surface area contributed by atoms with Gasteiger partial charge in [0.1, 0.15) is 5.75 Å². The van der Waals surface area contributed by atoms with Gasteiger partial charge in [-0.1, -0.05) is 25.2 Å². The van der Waals surface area contributed by atoms with E-state index in [-0.39, 0.29) is 53.4 Å². The molecule has 1 amide bonds. The van der Waals surface area contributed by atoms with Crippen molar-refractivity contribution in [2.45, 2.75) is 24.9 Å². The van der Waals surface area contributed by atoms with Crippen molar-refractivity contribution >= 4 is 32.2 Å². The highest BCUT2D eigenvalue weighted by molar-refractivity contribution is 7.90. The number of carbonyl (C=O) groups excluding carboxylic acids is 1. The molecule has 1 aromatic heterocycles. The van der Waals surface area contributed by atoms with Gasteiger partial charge >= 0.3 is 6.18 Å². The number of aromatic nitrogens is 2. The fourth-order valence-corrected chi connectivity index (χ4v) is 4.43. The van der Waals surface area contributed by atoms with E-state index in [1.807, 2.05) is 13.8 Å². The summed E-state index contributed by atoms with van der Waals surface area (Å²) in [7, 11) is -3.53. The second-order valence-corrected chi connectivity index (χ2v) is 10.8. The number of alkyl halides is 3. The Balaban J connectivity index is 1.76. The van der Waals surface area contributed by atoms with Gasteiger partial charge < -0.3 is 14.5 Å². The SMILES string of the molecule is CC(C)COc1ccc(S(C)(=O)=O)cc1C(=O)N1CCN(c2nnc(C(F)(F)F)s2)CC1. The second kappa shape index (κ2) is 9.22. The Morgan fingerprint density at radius 1 is 1.19 bits per heavy atom. The van der Waals surface area contributed by atoms with Gasteiger partial charge in [0.2, 0.25) is 10.1 Å². The van der Waals surface area contributed by atoms with Crippen molar-refractivity contribution in [3.05, 3.63) is 28.8 Å². The summed E-state index contributed by atoms with van der Waals surface area (Å²) in [6.45, 7) is 5.24. The van der Waals surface area contributed by atoms with Crippen LogP contribution in [0.1, 0.15) is 29.2 Å². The molecule has 1 aliphatic rings. The molecule has 0 aliphatic carbocycles. The molecule has 0 atom stereocenters. The van der Waals surface area contributed by atoms with E-state index in [4.69, 9.17) is 4.74 Å². The summed E-state index contributed by atoms with van der Waals surface area (Å²) in [4.78, 5) is 16.3. The highest BCUT2D eigenvalue weighted by atomic mass is 32.2. The molecule has 2 aromatic rings. The molecule has 2 heterocycles. The zero-order chi connectivity index (χ0) is 23.7. The van der Waals surface area contributed by atoms with Gasteiger partial charge in [0, 0.05) is 32.4 Å². The van der Waals surface area contributed by atoms with E-state index in [2.05, 4.69) is 10.2 Å². The average molecular weight is 493 g/mol. The lowest BCUT2D eigenvalue weighted by atomic mass is 10.1. The van der Waals surface area contributed by atoms with E-state index in [0.29, 0.717) is 17.9 Å². The van der Waals surface area contributed by atoms with Crippen molar-refractivity contribution in [3.63, 3.8) is 0 Å². The van der Waals surface area contributed by atoms with Gasteiger partial charge in [-0.05, 0) is 24.1 Å². The van der Waals surface area contributed by atoms with E-state index in [9.17, 15) is 26.4 Å². The van der Waals surface area contributed by atoms with Crippen molar-refractivity contribution in [1.29, 1.82) is 0 Å². The van der Waals surface area contributed by atoms with Crippen molar-refractivity contribution < 1.29 is 31.1 Å². The molecule has 8 nitrogen and oxygen atoms in total. The predicted octanol–water partition coefficient (Wildman–Crippen LogP) is 2.96. The normalized spacial score (nSPS) is 15.3. The van der Waals surface area contributed by atoms with Crippen LogP contribution in [0.15, 0.2) is 23.1 Å². The highest BCUT2D eigenvalue weighted by Crippen LogP contribution is 2.34. The molecule has 0 N–H and O–H groups in total. The number of hydrogen-bond donors (Lipinski definition) is 0. The van der Waals surface area contributed by atoms with E-state index in [0.717, 1.165) is 6.26 Å². The van der Waals surface area contributed by atoms with Crippen LogP contribution >= 0.6 is 11.3 Å². The number of hydrogen-bond acceptors (Lipinski definition) is 8. The Labute approximate surface area is 187 Å². The number of piperazine rings is 1. The van der Waals surface area contributed by atoms with Gasteiger partial charge in [-0.25, -0.2) is 8.42 Å². The van der Waals surface area contributed by atoms with Crippen LogP contribution in [-0.4, -0.2) is 68.5 Å². The van der Waals surface area contributed by atoms with Gasteiger partial charge in [-0.2, -0.15) is 13.2 Å². The van der Waals surface area contributed by atoms with E-state index >= 15 is 0 Å². The molecular weight excluding hydrogens is 469 g/mol. The van der Waals surface area contributed by atoms with Crippen LogP contribution in [0.25, 0.3) is 0 Å². The Morgan fingerprint density at radius 3 is 2.38 bits per heavy atom. The molecule has 176 valence electrons. The molecule has 1 saturated heterocycles. The third-order valence-electron chi connectivity index (χ3n) is 4.68. The smallest absolute Gasteiger partial charge is 0.445 e. The minimum absolute atomic E-state index is 0.00456. The number of carbonyl (C=O) groups is 1. The summed E-state index contributed by atoms with van der Waals surface area (Å²) in [6, 6.07) is 4.18. The second-order valence-electron chi connectivity index (χ2n) is 7.80. The van der Waals surface area contributed by atoms with Gasteiger partial charge in [-0.15, -0.1) is 10.2 Å². The zero-order valence-corrected chi connectivity index (χ0v) is 19.4. The highest BCUT2D eigenvalue weighted by Gasteiger charge is 2.36. The average Bonchev–Trinajstić information content (AvgIpc) is 3.22. The maximum Gasteiger partial charge on any atom is 0.445 e. The number of anilines is 1. The lowest BCUT2D eigenvalue weighted by molar-refractivity contribution is -0.138. The van der Waals surface area contributed by atoms with Crippen LogP contribution in [0, 0.1) is 5.92 Å². The van der Waals surface area contributed by atoms with Gasteiger partial charge in [0.15, 0.2) is 9.84 Å². The van der Waals surface area contributed by atoms with Crippen molar-refractivity contribution in [3.8, 4) is 5.75 Å². The lowest BCUT2D eigenvalue weighted by Gasteiger charge is -2.34.